The number of nitriles is 4. The molecule has 5 aromatic rings. The molecule has 0 aliphatic rings. The number of aliphatic hydroxyl groups excluding tert-OH is 2. The van der Waals surface area contributed by atoms with Crippen molar-refractivity contribution in [1.82, 2.24) is 0 Å². The molecule has 0 aromatic heterocycles. The Balaban J connectivity index is -0.000000254. The van der Waals surface area contributed by atoms with Gasteiger partial charge in [-0.15, -0.1) is 0 Å². The third-order valence-electron chi connectivity index (χ3n) is 7.82. The zero-order valence-electron chi connectivity index (χ0n) is 39.7. The first-order valence-corrected chi connectivity index (χ1v) is 24.1. The topological polar surface area (TPSA) is 310 Å². The number of aliphatic hydroxyl groups is 2. The molecule has 0 unspecified atom stereocenters. The minimum Gasteiger partial charge on any atom is -1.00 e. The number of hydrogen-bond acceptors (Lipinski definition) is 16. The summed E-state index contributed by atoms with van der Waals surface area (Å²) in [4.78, 5) is 4.42. The Labute approximate surface area is 475 Å². The molecule has 0 aliphatic carbocycles. The molecule has 17 nitrogen and oxygen atoms in total. The van der Waals surface area contributed by atoms with Crippen molar-refractivity contribution in [2.75, 3.05) is 67.2 Å². The number of aromatic hydroxyl groups is 2. The minimum atomic E-state index is -0.118. The van der Waals surface area contributed by atoms with Crippen LogP contribution in [0.5, 0.6) is 34.5 Å². The third-order valence-corrected chi connectivity index (χ3v) is 10.3. The molecule has 3 radical (unpaired) electrons. The smallest absolute Gasteiger partial charge is 1.00 e. The van der Waals surface area contributed by atoms with E-state index in [9.17, 15) is 5.11 Å². The van der Waals surface area contributed by atoms with Crippen LogP contribution in [0.25, 0.3) is 0 Å². The van der Waals surface area contributed by atoms with Crippen LogP contribution in [-0.4, -0.2) is 96.6 Å². The molecule has 10 N–H and O–H groups in total. The summed E-state index contributed by atoms with van der Waals surface area (Å²) in [6.45, 7) is 1.80. The molecule has 0 spiro atoms. The van der Waals surface area contributed by atoms with Gasteiger partial charge in [0.2, 0.25) is 0 Å². The monoisotopic (exact) mass is 1240 g/mol. The van der Waals surface area contributed by atoms with Gasteiger partial charge in [0, 0.05) is 70.8 Å². The van der Waals surface area contributed by atoms with Crippen molar-refractivity contribution in [3.63, 3.8) is 0 Å². The Morgan fingerprint density at radius 2 is 1.08 bits per heavy atom. The fourth-order valence-electron chi connectivity index (χ4n) is 4.66. The maximum Gasteiger partial charge on any atom is 1.00 e. The first-order valence-electron chi connectivity index (χ1n) is 19.7. The molecule has 0 saturated carbocycles. The van der Waals surface area contributed by atoms with Crippen molar-refractivity contribution in [2.45, 2.75) is 20.6 Å². The molecule has 5 rings (SSSR count). The summed E-state index contributed by atoms with van der Waals surface area (Å²) in [7, 11) is 2.99. The Morgan fingerprint density at radius 3 is 1.54 bits per heavy atom. The summed E-state index contributed by atoms with van der Waals surface area (Å²) in [6, 6.07) is 33.7. The van der Waals surface area contributed by atoms with Gasteiger partial charge in [-0.2, -0.15) is 21.0 Å². The molecule has 0 heterocycles. The average molecular weight is 1240 g/mol. The SMILES string of the molecule is BrCCBr.C.COc1cc(C#N)ccc1O.COc1cc(C#N)ccc1OCCBr.N#Cc1ccc(O)cc1.N#Cc1ccc(OCCBr)c(CO)c1.N=C(N)c1ccc(NCCON)c(CO)c1.[B].[H-].[Na+]. The Kier molecular flexibility index (Phi) is 47.0. The third kappa shape index (κ3) is 31.1. The fourth-order valence-corrected chi connectivity index (χ4v) is 4.98. The van der Waals surface area contributed by atoms with E-state index < -0.39 is 0 Å². The van der Waals surface area contributed by atoms with Gasteiger partial charge in [0.25, 0.3) is 0 Å². The van der Waals surface area contributed by atoms with Gasteiger partial charge >= 0.3 is 29.6 Å². The number of nitrogens with zero attached hydrogens (tertiary/aromatic N) is 4. The Morgan fingerprint density at radius 1 is 0.620 bits per heavy atom. The van der Waals surface area contributed by atoms with Crippen LogP contribution < -0.4 is 65.5 Å². The van der Waals surface area contributed by atoms with Crippen LogP contribution in [0.1, 0.15) is 47.8 Å². The molecule has 0 fully saturated rings. The number of hydrogen-bond donors (Lipinski definition) is 8. The molecule has 0 bridgehead atoms. The second-order valence-corrected chi connectivity index (χ2v) is 15.6. The number of alkyl halides is 4. The summed E-state index contributed by atoms with van der Waals surface area (Å²) >= 11 is 12.9. The number of nitrogens with two attached hydrogens (primary N) is 2. The van der Waals surface area contributed by atoms with Gasteiger partial charge in [-0.3, -0.25) is 5.41 Å². The summed E-state index contributed by atoms with van der Waals surface area (Å²) in [5, 5.41) is 84.1. The van der Waals surface area contributed by atoms with E-state index in [0.29, 0.717) is 88.3 Å². The van der Waals surface area contributed by atoms with E-state index in [4.69, 9.17) is 72.4 Å². The molecule has 0 atom stereocenters. The number of phenols is 2. The van der Waals surface area contributed by atoms with Crippen LogP contribution in [-0.2, 0) is 18.1 Å². The van der Waals surface area contributed by atoms with Gasteiger partial charge in [0.1, 0.15) is 17.3 Å². The predicted molar refractivity (Wildman–Crippen MR) is 289 cm³/mol. The van der Waals surface area contributed by atoms with Gasteiger partial charge < -0.3 is 56.7 Å². The zero-order valence-corrected chi connectivity index (χ0v) is 47.0. The maximum absolute atomic E-state index is 9.17. The van der Waals surface area contributed by atoms with Crippen molar-refractivity contribution in [2.24, 2.45) is 11.6 Å². The Bertz CT molecular complexity index is 2360. The number of nitrogens with one attached hydrogen (secondary N) is 2. The zero-order chi connectivity index (χ0) is 51.1. The normalized spacial score (nSPS) is 8.80. The standard InChI is InChI=1S/2C10H10BrNO2.C10H16N4O2.C8H7NO2.C7H5NO.C2H4Br2.CH4.B.Na.H/c1-13-10-6-8(7-12)2-3-9(10)14-5-4-11;11-3-4-14-10-2-1-8(6-12)5-9(10)7-13;11-10(12)7-1-2-9(8(5-7)6-15)14-3-4-16-13;1-11-8-4-6(5-9)2-3-7(8)10;8-5-6-1-3-7(9)4-2-6;3-1-2-4;;;;/h2-3,6H,4-5H2,1H3;1-2,5,13H,3-4,7H2;1-2,5,14-15H,3-4,6,13H2,(H3,11,12);2-4,10H,1H3;1-4,9H;1-2H2;1H4;;;/q;;;;;;;;+1;-1. The molecule has 23 heteroatoms. The van der Waals surface area contributed by atoms with Crippen molar-refractivity contribution in [3.05, 3.63) is 136 Å². The van der Waals surface area contributed by atoms with E-state index in [1.165, 1.54) is 37.4 Å². The van der Waals surface area contributed by atoms with Crippen LogP contribution in [0.4, 0.5) is 5.69 Å². The fraction of sp³-hybridized carbons (Fsp3) is 0.271. The molecule has 0 saturated heterocycles. The van der Waals surface area contributed by atoms with Gasteiger partial charge in [-0.05, 0) is 84.9 Å². The van der Waals surface area contributed by atoms with Gasteiger partial charge in [-0.25, -0.2) is 5.90 Å². The number of benzene rings is 5. The van der Waals surface area contributed by atoms with Crippen LogP contribution in [0.3, 0.4) is 0 Å². The summed E-state index contributed by atoms with van der Waals surface area (Å²) < 4.78 is 20.6. The van der Waals surface area contributed by atoms with E-state index in [1.54, 1.807) is 73.8 Å². The number of nitrogen functional groups attached to an aromatic ring is 1. The van der Waals surface area contributed by atoms with Gasteiger partial charge in [0.05, 0.1) is 93.8 Å². The number of anilines is 1. The molecule has 5 aromatic carbocycles. The molecule has 0 amide bonds. The number of methoxy groups -OCH3 is 2. The first kappa shape index (κ1) is 72.5. The van der Waals surface area contributed by atoms with E-state index in [1.807, 2.05) is 24.3 Å². The number of amidine groups is 1. The molecule has 0 aliphatic heterocycles. The first-order chi connectivity index (χ1) is 32.8. The van der Waals surface area contributed by atoms with Crippen LogP contribution in [0.15, 0.2) is 97.1 Å². The van der Waals surface area contributed by atoms with E-state index in [0.717, 1.165) is 27.0 Å². The van der Waals surface area contributed by atoms with Crippen LogP contribution in [0.2, 0.25) is 0 Å². The number of halogens is 4. The van der Waals surface area contributed by atoms with E-state index >= 15 is 0 Å². The van der Waals surface area contributed by atoms with Crippen LogP contribution >= 0.6 is 63.7 Å². The van der Waals surface area contributed by atoms with Crippen molar-refractivity contribution in [1.29, 1.82) is 26.5 Å². The second kappa shape index (κ2) is 46.1. The predicted octanol–water partition coefficient (Wildman–Crippen LogP) is 5.61. The largest absolute Gasteiger partial charge is 1.00 e. The summed E-state index contributed by atoms with van der Waals surface area (Å²) in [6.07, 6.45) is 0. The van der Waals surface area contributed by atoms with Gasteiger partial charge in [-0.1, -0.05) is 71.1 Å². The number of rotatable bonds is 16. The summed E-state index contributed by atoms with van der Waals surface area (Å²) in [5.74, 6) is 7.31. The van der Waals surface area contributed by atoms with Crippen molar-refractivity contribution >= 4 is 83.7 Å². The van der Waals surface area contributed by atoms with E-state index in [-0.39, 0.29) is 77.4 Å². The molecular weight excluding hydrogens is 1190 g/mol. The second-order valence-electron chi connectivity index (χ2n) is 12.4. The van der Waals surface area contributed by atoms with Crippen LogP contribution in [0, 0.1) is 50.7 Å². The molecule has 71 heavy (non-hydrogen) atoms. The van der Waals surface area contributed by atoms with Gasteiger partial charge in [0.15, 0.2) is 23.0 Å². The van der Waals surface area contributed by atoms with Crippen molar-refractivity contribution in [3.8, 4) is 58.8 Å². The Hall–Kier alpha value is -5.05. The van der Waals surface area contributed by atoms with Crippen molar-refractivity contribution < 1.29 is 75.2 Å². The minimum absolute atomic E-state index is 0. The molecular formula is C48H57BBr4N8NaO9. The average Bonchev–Trinajstić information content (AvgIpc) is 3.38. The molecule has 375 valence electrons. The quantitative estimate of drug-likeness (QED) is 0.0149. The number of ether oxygens (including phenoxy) is 4. The van der Waals surface area contributed by atoms with E-state index in [2.05, 4.69) is 73.9 Å². The number of phenolic OH excluding ortho intramolecular Hbond substituents is 2. The summed E-state index contributed by atoms with van der Waals surface area (Å²) in [5.41, 5.74) is 10.2. The maximum atomic E-state index is 9.17.